The molecule has 1 aliphatic heterocycles. The van der Waals surface area contributed by atoms with Crippen molar-refractivity contribution in [2.24, 2.45) is 0 Å². The Balaban J connectivity index is 1.80. The smallest absolute Gasteiger partial charge is 0.385 e. The number of thiazole rings is 1. The third-order valence-electron chi connectivity index (χ3n) is 5.27. The second-order valence-corrected chi connectivity index (χ2v) is 8.97. The Morgan fingerprint density at radius 1 is 1.32 bits per heavy atom. The number of nitrogens with one attached hydrogen (secondary N) is 1. The van der Waals surface area contributed by atoms with Crippen molar-refractivity contribution in [1.29, 1.82) is 0 Å². The summed E-state index contributed by atoms with van der Waals surface area (Å²) in [4.78, 5) is 19.7. The zero-order valence-electron chi connectivity index (χ0n) is 17.7. The zero-order valence-corrected chi connectivity index (χ0v) is 18.6. The zero-order chi connectivity index (χ0) is 22.8. The molecule has 31 heavy (non-hydrogen) atoms. The number of β-amino-alcohol motifs (C(OH)–C–C–N with tert-alkyl or cyclic N) is 1. The van der Waals surface area contributed by atoms with Crippen molar-refractivity contribution in [2.75, 3.05) is 38.6 Å². The Morgan fingerprint density at radius 3 is 2.61 bits per heavy atom. The van der Waals surface area contributed by atoms with Crippen LogP contribution in [0, 0.1) is 0 Å². The van der Waals surface area contributed by atoms with Crippen LogP contribution < -0.4 is 10.2 Å². The summed E-state index contributed by atoms with van der Waals surface area (Å²) < 4.78 is 40.7. The first-order chi connectivity index (χ1) is 14.6. The molecule has 0 radical (unpaired) electrons. The number of anilines is 1. The number of aliphatic hydroxyl groups excluding tert-OH is 1. The molecular formula is C21H27F3N4O2S. The number of aromatic nitrogens is 1. The van der Waals surface area contributed by atoms with Gasteiger partial charge < -0.3 is 20.2 Å². The molecule has 1 saturated heterocycles. The summed E-state index contributed by atoms with van der Waals surface area (Å²) >= 11 is 0.603. The SMILES string of the molecule is CC(NC(=O)c1sc(C(O)CN2CCCC2)nc1C(F)(F)F)c1cccc(N(C)C)c1. The number of benzene rings is 1. The normalized spacial score (nSPS) is 16.9. The molecule has 1 aliphatic rings. The van der Waals surface area contributed by atoms with Crippen LogP contribution in [0.3, 0.4) is 0 Å². The highest BCUT2D eigenvalue weighted by Crippen LogP contribution is 2.36. The largest absolute Gasteiger partial charge is 0.435 e. The van der Waals surface area contributed by atoms with Gasteiger partial charge in [0.15, 0.2) is 5.69 Å². The van der Waals surface area contributed by atoms with Gasteiger partial charge in [0.05, 0.1) is 6.04 Å². The first-order valence-electron chi connectivity index (χ1n) is 10.1. The van der Waals surface area contributed by atoms with Crippen LogP contribution in [0.2, 0.25) is 0 Å². The first-order valence-corrected chi connectivity index (χ1v) is 10.9. The minimum absolute atomic E-state index is 0.0911. The van der Waals surface area contributed by atoms with E-state index in [0.29, 0.717) is 11.3 Å². The van der Waals surface area contributed by atoms with Crippen LogP contribution in [0.5, 0.6) is 0 Å². The molecule has 2 aromatic rings. The van der Waals surface area contributed by atoms with Gasteiger partial charge in [0, 0.05) is 26.3 Å². The molecule has 0 aliphatic carbocycles. The summed E-state index contributed by atoms with van der Waals surface area (Å²) in [5.41, 5.74) is 0.436. The third-order valence-corrected chi connectivity index (χ3v) is 6.42. The topological polar surface area (TPSA) is 68.7 Å². The molecule has 0 bridgehead atoms. The third kappa shape index (κ3) is 5.75. The van der Waals surface area contributed by atoms with E-state index in [1.54, 1.807) is 13.0 Å². The maximum absolute atomic E-state index is 13.6. The van der Waals surface area contributed by atoms with Crippen LogP contribution in [0.4, 0.5) is 18.9 Å². The number of carbonyl (C=O) groups is 1. The van der Waals surface area contributed by atoms with Gasteiger partial charge in [0.1, 0.15) is 16.0 Å². The summed E-state index contributed by atoms with van der Waals surface area (Å²) in [6.07, 6.45) is -3.96. The van der Waals surface area contributed by atoms with Gasteiger partial charge in [-0.1, -0.05) is 12.1 Å². The Labute approximate surface area is 183 Å². The quantitative estimate of drug-likeness (QED) is 0.663. The minimum Gasteiger partial charge on any atom is -0.385 e. The molecule has 2 N–H and O–H groups in total. The van der Waals surface area contributed by atoms with Crippen molar-refractivity contribution in [1.82, 2.24) is 15.2 Å². The summed E-state index contributed by atoms with van der Waals surface area (Å²) in [6.45, 7) is 3.51. The number of rotatable bonds is 7. The van der Waals surface area contributed by atoms with Crippen molar-refractivity contribution in [2.45, 2.75) is 38.1 Å². The van der Waals surface area contributed by atoms with Crippen molar-refractivity contribution >= 4 is 22.9 Å². The number of halogens is 3. The molecule has 0 spiro atoms. The van der Waals surface area contributed by atoms with Gasteiger partial charge >= 0.3 is 6.18 Å². The number of amides is 1. The molecule has 1 aromatic heterocycles. The Bertz CT molecular complexity index is 910. The highest BCUT2D eigenvalue weighted by atomic mass is 32.1. The van der Waals surface area contributed by atoms with Gasteiger partial charge in [0.2, 0.25) is 0 Å². The van der Waals surface area contributed by atoms with Crippen LogP contribution >= 0.6 is 11.3 Å². The minimum atomic E-state index is -4.79. The molecule has 10 heteroatoms. The lowest BCUT2D eigenvalue weighted by atomic mass is 10.1. The standard InChI is InChI=1S/C21H27F3N4O2S/c1-13(14-7-6-8-15(11-14)27(2)3)25-19(30)17-18(21(22,23)24)26-20(31-17)16(29)12-28-9-4-5-10-28/h6-8,11,13,16,29H,4-5,9-10,12H2,1-3H3,(H,25,30). The molecule has 1 amide bonds. The van der Waals surface area contributed by atoms with E-state index < -0.39 is 34.8 Å². The monoisotopic (exact) mass is 456 g/mol. The van der Waals surface area contributed by atoms with E-state index in [1.165, 1.54) is 0 Å². The molecule has 1 fully saturated rings. The predicted octanol–water partition coefficient (Wildman–Crippen LogP) is 3.85. The van der Waals surface area contributed by atoms with Crippen LogP contribution in [-0.4, -0.2) is 54.6 Å². The lowest BCUT2D eigenvalue weighted by Crippen LogP contribution is -2.28. The van der Waals surface area contributed by atoms with Gasteiger partial charge in [-0.2, -0.15) is 13.2 Å². The molecule has 3 rings (SSSR count). The van der Waals surface area contributed by atoms with Gasteiger partial charge in [-0.15, -0.1) is 11.3 Å². The van der Waals surface area contributed by atoms with Crippen molar-refractivity contribution in [3.63, 3.8) is 0 Å². The van der Waals surface area contributed by atoms with Gasteiger partial charge in [-0.25, -0.2) is 4.98 Å². The van der Waals surface area contributed by atoms with Crippen LogP contribution in [0.15, 0.2) is 24.3 Å². The Morgan fingerprint density at radius 2 is 2.00 bits per heavy atom. The fraction of sp³-hybridized carbons (Fsp3) is 0.524. The molecule has 1 aromatic carbocycles. The van der Waals surface area contributed by atoms with E-state index in [0.717, 1.165) is 37.2 Å². The molecule has 0 saturated carbocycles. The molecule has 2 heterocycles. The molecule has 2 atom stereocenters. The fourth-order valence-corrected chi connectivity index (χ4v) is 4.50. The maximum Gasteiger partial charge on any atom is 0.435 e. The summed E-state index contributed by atoms with van der Waals surface area (Å²) in [5.74, 6) is -0.854. The van der Waals surface area contributed by atoms with E-state index in [4.69, 9.17) is 0 Å². The number of carbonyl (C=O) groups excluding carboxylic acids is 1. The van der Waals surface area contributed by atoms with Crippen molar-refractivity contribution in [3.8, 4) is 0 Å². The number of hydrogen-bond donors (Lipinski definition) is 2. The van der Waals surface area contributed by atoms with E-state index >= 15 is 0 Å². The van der Waals surface area contributed by atoms with Gasteiger partial charge in [0.25, 0.3) is 5.91 Å². The van der Waals surface area contributed by atoms with Crippen molar-refractivity contribution in [3.05, 3.63) is 45.4 Å². The number of likely N-dealkylation sites (tertiary alicyclic amines) is 1. The fourth-order valence-electron chi connectivity index (χ4n) is 3.53. The Kier molecular flexibility index (Phi) is 7.23. The Hall–Kier alpha value is -2.17. The van der Waals surface area contributed by atoms with E-state index in [-0.39, 0.29) is 11.6 Å². The molecular weight excluding hydrogens is 429 g/mol. The highest BCUT2D eigenvalue weighted by molar-refractivity contribution is 7.13. The number of nitrogens with zero attached hydrogens (tertiary/aromatic N) is 3. The second kappa shape index (κ2) is 9.54. The molecule has 6 nitrogen and oxygen atoms in total. The predicted molar refractivity (Wildman–Crippen MR) is 114 cm³/mol. The lowest BCUT2D eigenvalue weighted by molar-refractivity contribution is -0.141. The van der Waals surface area contributed by atoms with E-state index in [9.17, 15) is 23.1 Å². The summed E-state index contributed by atoms with van der Waals surface area (Å²) in [7, 11) is 3.76. The first kappa shape index (κ1) is 23.5. The average Bonchev–Trinajstić information content (AvgIpc) is 3.37. The van der Waals surface area contributed by atoms with Gasteiger partial charge in [-0.3, -0.25) is 4.79 Å². The lowest BCUT2D eigenvalue weighted by Gasteiger charge is -2.18. The van der Waals surface area contributed by atoms with E-state index in [2.05, 4.69) is 10.3 Å². The van der Waals surface area contributed by atoms with E-state index in [1.807, 2.05) is 42.1 Å². The average molecular weight is 457 g/mol. The number of alkyl halides is 3. The summed E-state index contributed by atoms with van der Waals surface area (Å²) in [6, 6.07) is 6.90. The molecule has 170 valence electrons. The van der Waals surface area contributed by atoms with Crippen LogP contribution in [0.25, 0.3) is 0 Å². The maximum atomic E-state index is 13.6. The molecule has 2 unspecified atom stereocenters. The second-order valence-electron chi connectivity index (χ2n) is 7.94. The van der Waals surface area contributed by atoms with Crippen LogP contribution in [-0.2, 0) is 6.18 Å². The summed E-state index contributed by atoms with van der Waals surface area (Å²) in [5, 5.41) is 13.0. The van der Waals surface area contributed by atoms with Crippen molar-refractivity contribution < 1.29 is 23.1 Å². The van der Waals surface area contributed by atoms with Crippen LogP contribution in [0.1, 0.15) is 57.8 Å². The number of aliphatic hydroxyl groups is 1. The number of hydrogen-bond acceptors (Lipinski definition) is 6. The highest BCUT2D eigenvalue weighted by Gasteiger charge is 2.40. The van der Waals surface area contributed by atoms with Gasteiger partial charge in [-0.05, 0) is 50.6 Å².